The molecule has 1 amide bonds. The maximum absolute atomic E-state index is 12.8. The molecule has 1 heterocycles. The summed E-state index contributed by atoms with van der Waals surface area (Å²) in [4.78, 5) is 12.6. The Morgan fingerprint density at radius 3 is 2.22 bits per heavy atom. The van der Waals surface area contributed by atoms with Crippen LogP contribution in [-0.4, -0.2) is 40.5 Å². The van der Waals surface area contributed by atoms with Gasteiger partial charge >= 0.3 is 0 Å². The van der Waals surface area contributed by atoms with Crippen LogP contribution in [0.3, 0.4) is 0 Å². The van der Waals surface area contributed by atoms with E-state index in [1.54, 1.807) is 48.5 Å². The molecule has 3 rings (SSSR count). The number of piperidine rings is 1. The molecule has 0 spiro atoms. The lowest BCUT2D eigenvalue weighted by Crippen LogP contribution is -2.42. The van der Waals surface area contributed by atoms with Crippen molar-refractivity contribution in [1.82, 2.24) is 10.6 Å². The highest BCUT2D eigenvalue weighted by atomic mass is 32.2. The van der Waals surface area contributed by atoms with Gasteiger partial charge in [0.1, 0.15) is 0 Å². The average molecular weight is 388 g/mol. The lowest BCUT2D eigenvalue weighted by molar-refractivity contribution is 0.0929. The summed E-state index contributed by atoms with van der Waals surface area (Å²) in [5.41, 5.74) is 2.04. The molecule has 0 unspecified atom stereocenters. The number of carbonyl (C=O) groups excluding carboxylic acids is 1. The number of aryl methyl sites for hydroxylation is 1. The van der Waals surface area contributed by atoms with Crippen LogP contribution in [0.15, 0.2) is 53.4 Å². The summed E-state index contributed by atoms with van der Waals surface area (Å²) in [6.07, 6.45) is 1.84. The fourth-order valence-corrected chi connectivity index (χ4v) is 4.26. The fraction of sp³-hybridized carbons (Fsp3) is 0.350. The minimum Gasteiger partial charge on any atom is -0.349 e. The number of nitrogens with zero attached hydrogens (tertiary/aromatic N) is 1. The van der Waals surface area contributed by atoms with Gasteiger partial charge in [-0.05, 0) is 69.3 Å². The number of rotatable bonds is 5. The lowest BCUT2D eigenvalue weighted by Gasteiger charge is -2.24. The van der Waals surface area contributed by atoms with Crippen LogP contribution < -0.4 is 14.9 Å². The van der Waals surface area contributed by atoms with E-state index in [9.17, 15) is 13.2 Å². The molecule has 1 fully saturated rings. The van der Waals surface area contributed by atoms with Crippen molar-refractivity contribution < 1.29 is 13.2 Å². The van der Waals surface area contributed by atoms with Crippen molar-refractivity contribution in [2.45, 2.75) is 30.7 Å². The van der Waals surface area contributed by atoms with Gasteiger partial charge in [-0.15, -0.1) is 0 Å². The smallest absolute Gasteiger partial charge is 0.264 e. The van der Waals surface area contributed by atoms with E-state index in [4.69, 9.17) is 0 Å². The van der Waals surface area contributed by atoms with E-state index in [2.05, 4.69) is 10.6 Å². The van der Waals surface area contributed by atoms with E-state index < -0.39 is 10.0 Å². The largest absolute Gasteiger partial charge is 0.349 e. The molecule has 0 aromatic heterocycles. The van der Waals surface area contributed by atoms with E-state index in [-0.39, 0.29) is 16.8 Å². The Labute approximate surface area is 160 Å². The minimum absolute atomic E-state index is 0.127. The Morgan fingerprint density at radius 2 is 1.63 bits per heavy atom. The third kappa shape index (κ3) is 4.48. The van der Waals surface area contributed by atoms with Gasteiger partial charge in [-0.25, -0.2) is 8.42 Å². The van der Waals surface area contributed by atoms with Crippen molar-refractivity contribution in [1.29, 1.82) is 0 Å². The molecular formula is C20H25N3O3S. The van der Waals surface area contributed by atoms with Gasteiger partial charge in [-0.3, -0.25) is 9.10 Å². The molecule has 0 atom stereocenters. The quantitative estimate of drug-likeness (QED) is 0.825. The molecule has 144 valence electrons. The maximum Gasteiger partial charge on any atom is 0.264 e. The molecule has 1 aliphatic heterocycles. The van der Waals surface area contributed by atoms with Gasteiger partial charge in [0.15, 0.2) is 0 Å². The molecule has 1 aliphatic rings. The highest BCUT2D eigenvalue weighted by Gasteiger charge is 2.22. The highest BCUT2D eigenvalue weighted by Crippen LogP contribution is 2.22. The van der Waals surface area contributed by atoms with Crippen molar-refractivity contribution in [2.75, 3.05) is 24.4 Å². The zero-order chi connectivity index (χ0) is 19.4. The summed E-state index contributed by atoms with van der Waals surface area (Å²) in [6.45, 7) is 3.73. The molecule has 2 aromatic rings. The number of nitrogens with one attached hydrogen (secondary N) is 2. The number of carbonyl (C=O) groups is 1. The third-order valence-corrected chi connectivity index (χ3v) is 6.65. The second-order valence-corrected chi connectivity index (χ2v) is 8.80. The van der Waals surface area contributed by atoms with E-state index >= 15 is 0 Å². The molecule has 1 saturated heterocycles. The molecule has 0 bridgehead atoms. The van der Waals surface area contributed by atoms with Crippen molar-refractivity contribution >= 4 is 21.6 Å². The van der Waals surface area contributed by atoms with Crippen LogP contribution in [0.5, 0.6) is 0 Å². The number of benzene rings is 2. The predicted molar refractivity (Wildman–Crippen MR) is 107 cm³/mol. The van der Waals surface area contributed by atoms with E-state index in [1.165, 1.54) is 11.4 Å². The summed E-state index contributed by atoms with van der Waals surface area (Å²) in [7, 11) is -2.13. The van der Waals surface area contributed by atoms with Crippen LogP contribution >= 0.6 is 0 Å². The Balaban J connectivity index is 1.72. The molecular weight excluding hydrogens is 362 g/mol. The van der Waals surface area contributed by atoms with Gasteiger partial charge in [0, 0.05) is 18.7 Å². The zero-order valence-electron chi connectivity index (χ0n) is 15.6. The molecule has 2 aromatic carbocycles. The first-order valence-corrected chi connectivity index (χ1v) is 10.5. The number of anilines is 1. The third-order valence-electron chi connectivity index (χ3n) is 4.85. The summed E-state index contributed by atoms with van der Waals surface area (Å²) < 4.78 is 26.8. The molecule has 0 saturated carbocycles. The second kappa shape index (κ2) is 8.10. The van der Waals surface area contributed by atoms with Crippen LogP contribution in [0.2, 0.25) is 0 Å². The van der Waals surface area contributed by atoms with Crippen molar-refractivity contribution in [2.24, 2.45) is 0 Å². The van der Waals surface area contributed by atoms with E-state index in [0.29, 0.717) is 11.3 Å². The normalized spacial score (nSPS) is 15.3. The zero-order valence-corrected chi connectivity index (χ0v) is 16.4. The predicted octanol–water partition coefficient (Wildman–Crippen LogP) is 2.30. The molecule has 6 nitrogen and oxygen atoms in total. The first-order chi connectivity index (χ1) is 12.9. The number of hydrogen-bond donors (Lipinski definition) is 2. The SMILES string of the molecule is Cc1ccc(S(=O)(=O)N(C)c2ccc(C(=O)NC3CCNCC3)cc2)cc1. The summed E-state index contributed by atoms with van der Waals surface area (Å²) in [6, 6.07) is 13.6. The Hall–Kier alpha value is -2.38. The molecule has 0 radical (unpaired) electrons. The molecule has 27 heavy (non-hydrogen) atoms. The summed E-state index contributed by atoms with van der Waals surface area (Å²) >= 11 is 0. The number of hydrogen-bond acceptors (Lipinski definition) is 4. The van der Waals surface area contributed by atoms with Crippen LogP contribution in [0.25, 0.3) is 0 Å². The van der Waals surface area contributed by atoms with Gasteiger partial charge in [-0.2, -0.15) is 0 Å². The Morgan fingerprint density at radius 1 is 1.04 bits per heavy atom. The van der Waals surface area contributed by atoms with Crippen LogP contribution in [0.1, 0.15) is 28.8 Å². The lowest BCUT2D eigenvalue weighted by atomic mass is 10.1. The van der Waals surface area contributed by atoms with E-state index in [0.717, 1.165) is 31.5 Å². The van der Waals surface area contributed by atoms with Gasteiger partial charge < -0.3 is 10.6 Å². The minimum atomic E-state index is -3.64. The van der Waals surface area contributed by atoms with Gasteiger partial charge in [0.05, 0.1) is 10.6 Å². The number of sulfonamides is 1. The fourth-order valence-electron chi connectivity index (χ4n) is 3.06. The standard InChI is InChI=1S/C20H25N3O3S/c1-15-3-9-19(10-4-15)27(25,26)23(2)18-7-5-16(6-8-18)20(24)22-17-11-13-21-14-12-17/h3-10,17,21H,11-14H2,1-2H3,(H,22,24). The van der Waals surface area contributed by atoms with Crippen molar-refractivity contribution in [3.8, 4) is 0 Å². The van der Waals surface area contributed by atoms with Gasteiger partial charge in [0.25, 0.3) is 15.9 Å². The Kier molecular flexibility index (Phi) is 5.82. The van der Waals surface area contributed by atoms with E-state index in [1.807, 2.05) is 6.92 Å². The molecule has 7 heteroatoms. The summed E-state index contributed by atoms with van der Waals surface area (Å²) in [5, 5.41) is 6.30. The topological polar surface area (TPSA) is 78.5 Å². The Bertz CT molecular complexity index is 887. The van der Waals surface area contributed by atoms with Crippen molar-refractivity contribution in [3.05, 3.63) is 59.7 Å². The first-order valence-electron chi connectivity index (χ1n) is 9.05. The highest BCUT2D eigenvalue weighted by molar-refractivity contribution is 7.92. The average Bonchev–Trinajstić information content (AvgIpc) is 2.68. The van der Waals surface area contributed by atoms with Gasteiger partial charge in [-0.1, -0.05) is 17.7 Å². The first kappa shape index (κ1) is 19.4. The molecule has 0 aliphatic carbocycles. The number of amides is 1. The van der Waals surface area contributed by atoms with Crippen LogP contribution in [0.4, 0.5) is 5.69 Å². The van der Waals surface area contributed by atoms with Gasteiger partial charge in [0.2, 0.25) is 0 Å². The molecule has 2 N–H and O–H groups in total. The van der Waals surface area contributed by atoms with Crippen LogP contribution in [-0.2, 0) is 10.0 Å². The van der Waals surface area contributed by atoms with Crippen LogP contribution in [0, 0.1) is 6.92 Å². The summed E-state index contributed by atoms with van der Waals surface area (Å²) in [5.74, 6) is -0.127. The van der Waals surface area contributed by atoms with Crippen molar-refractivity contribution in [3.63, 3.8) is 0 Å². The second-order valence-electron chi connectivity index (χ2n) is 6.83. The maximum atomic E-state index is 12.8. The monoisotopic (exact) mass is 387 g/mol.